The summed E-state index contributed by atoms with van der Waals surface area (Å²) in [6.07, 6.45) is 4.30. The largest absolute Gasteiger partial charge is 0.469 e. The molecule has 88 valence electrons. The van der Waals surface area contributed by atoms with E-state index in [9.17, 15) is 0 Å². The summed E-state index contributed by atoms with van der Waals surface area (Å²) in [5, 5.41) is 6.30. The van der Waals surface area contributed by atoms with Gasteiger partial charge in [0.1, 0.15) is 5.76 Å². The van der Waals surface area contributed by atoms with Gasteiger partial charge in [-0.1, -0.05) is 6.08 Å². The number of nitrogens with zero attached hydrogens (tertiary/aromatic N) is 1. The Kier molecular flexibility index (Phi) is 5.84. The van der Waals surface area contributed by atoms with E-state index in [0.717, 1.165) is 24.7 Å². The van der Waals surface area contributed by atoms with Gasteiger partial charge in [0.2, 0.25) is 0 Å². The van der Waals surface area contributed by atoms with Gasteiger partial charge < -0.3 is 15.1 Å². The number of guanidine groups is 1. The molecule has 0 atom stereocenters. The highest BCUT2D eigenvalue weighted by Crippen LogP contribution is 2.00. The lowest BCUT2D eigenvalue weighted by Crippen LogP contribution is -2.37. The molecule has 0 unspecified atom stereocenters. The second-order valence-electron chi connectivity index (χ2n) is 3.26. The Morgan fingerprint density at radius 1 is 1.56 bits per heavy atom. The number of rotatable bonds is 6. The van der Waals surface area contributed by atoms with Crippen molar-refractivity contribution < 1.29 is 4.42 Å². The second-order valence-corrected chi connectivity index (χ2v) is 3.26. The summed E-state index contributed by atoms with van der Waals surface area (Å²) in [5.41, 5.74) is 0. The Hall–Kier alpha value is -1.71. The van der Waals surface area contributed by atoms with E-state index in [1.54, 1.807) is 12.3 Å². The number of hydrogen-bond donors (Lipinski definition) is 2. The molecule has 2 N–H and O–H groups in total. The van der Waals surface area contributed by atoms with Crippen LogP contribution in [0.1, 0.15) is 12.7 Å². The maximum atomic E-state index is 5.23. The lowest BCUT2D eigenvalue weighted by Gasteiger charge is -2.08. The Bertz CT molecular complexity index is 317. The molecule has 1 rings (SSSR count). The van der Waals surface area contributed by atoms with Gasteiger partial charge in [-0.2, -0.15) is 0 Å². The average molecular weight is 221 g/mol. The molecule has 4 nitrogen and oxygen atoms in total. The Labute approximate surface area is 96.5 Å². The lowest BCUT2D eigenvalue weighted by molar-refractivity contribution is 0.510. The quantitative estimate of drug-likeness (QED) is 0.435. The van der Waals surface area contributed by atoms with Crippen LogP contribution in [-0.2, 0) is 6.42 Å². The smallest absolute Gasteiger partial charge is 0.191 e. The van der Waals surface area contributed by atoms with Gasteiger partial charge in [0.05, 0.1) is 6.26 Å². The van der Waals surface area contributed by atoms with E-state index in [2.05, 4.69) is 22.2 Å². The van der Waals surface area contributed by atoms with E-state index >= 15 is 0 Å². The Morgan fingerprint density at radius 3 is 3.06 bits per heavy atom. The molecule has 1 aromatic heterocycles. The minimum absolute atomic E-state index is 0.708. The molecule has 0 spiro atoms. The van der Waals surface area contributed by atoms with Crippen LogP contribution in [-0.4, -0.2) is 25.6 Å². The van der Waals surface area contributed by atoms with Crippen molar-refractivity contribution in [2.24, 2.45) is 4.99 Å². The fourth-order valence-corrected chi connectivity index (χ4v) is 1.24. The third-order valence-corrected chi connectivity index (χ3v) is 1.97. The highest BCUT2D eigenvalue weighted by molar-refractivity contribution is 5.79. The van der Waals surface area contributed by atoms with Crippen LogP contribution in [0.5, 0.6) is 0 Å². The Balaban J connectivity index is 2.34. The average Bonchev–Trinajstić information content (AvgIpc) is 2.79. The molecule has 0 bridgehead atoms. The van der Waals surface area contributed by atoms with Crippen molar-refractivity contribution in [3.05, 3.63) is 36.8 Å². The van der Waals surface area contributed by atoms with Gasteiger partial charge in [0.25, 0.3) is 0 Å². The second kappa shape index (κ2) is 7.56. The zero-order valence-electron chi connectivity index (χ0n) is 9.70. The fraction of sp³-hybridized carbons (Fsp3) is 0.417. The maximum Gasteiger partial charge on any atom is 0.191 e. The normalized spacial score (nSPS) is 11.2. The molecule has 0 amide bonds. The molecular formula is C12H19N3O. The van der Waals surface area contributed by atoms with Crippen LogP contribution in [0.3, 0.4) is 0 Å². The molecule has 1 aromatic rings. The number of hydrogen-bond acceptors (Lipinski definition) is 2. The van der Waals surface area contributed by atoms with Crippen LogP contribution in [0.4, 0.5) is 0 Å². The predicted octanol–water partition coefficient (Wildman–Crippen LogP) is 1.56. The highest BCUT2D eigenvalue weighted by Gasteiger charge is 1.96. The summed E-state index contributed by atoms with van der Waals surface area (Å²) in [5.74, 6) is 1.78. The Morgan fingerprint density at radius 2 is 2.44 bits per heavy atom. The third kappa shape index (κ3) is 4.68. The monoisotopic (exact) mass is 221 g/mol. The number of furan rings is 1. The zero-order valence-corrected chi connectivity index (χ0v) is 9.70. The van der Waals surface area contributed by atoms with E-state index in [0.29, 0.717) is 13.1 Å². The van der Waals surface area contributed by atoms with Crippen molar-refractivity contribution in [1.29, 1.82) is 0 Å². The highest BCUT2D eigenvalue weighted by atomic mass is 16.3. The first-order valence-corrected chi connectivity index (χ1v) is 5.52. The van der Waals surface area contributed by atoms with Crippen LogP contribution in [0.15, 0.2) is 40.5 Å². The molecule has 0 saturated heterocycles. The van der Waals surface area contributed by atoms with Crippen LogP contribution < -0.4 is 10.6 Å². The first-order chi connectivity index (χ1) is 7.86. The topological polar surface area (TPSA) is 49.6 Å². The molecule has 0 fully saturated rings. The van der Waals surface area contributed by atoms with Crippen LogP contribution in [0, 0.1) is 0 Å². The third-order valence-electron chi connectivity index (χ3n) is 1.97. The lowest BCUT2D eigenvalue weighted by atomic mass is 10.3. The molecule has 0 saturated carbocycles. The molecule has 0 radical (unpaired) electrons. The SMILES string of the molecule is C=CCNC(=NCCc1ccco1)NCC. The molecular weight excluding hydrogens is 202 g/mol. The molecule has 1 heterocycles. The van der Waals surface area contributed by atoms with Crippen molar-refractivity contribution in [3.8, 4) is 0 Å². The van der Waals surface area contributed by atoms with Crippen LogP contribution in [0.25, 0.3) is 0 Å². The van der Waals surface area contributed by atoms with Gasteiger partial charge in [-0.25, -0.2) is 0 Å². The standard InChI is InChI=1S/C12H19N3O/c1-3-8-14-12(13-4-2)15-9-7-11-6-5-10-16-11/h3,5-6,10H,1,4,7-9H2,2H3,(H2,13,14,15). The van der Waals surface area contributed by atoms with Crippen LogP contribution in [0.2, 0.25) is 0 Å². The maximum absolute atomic E-state index is 5.23. The molecule has 16 heavy (non-hydrogen) atoms. The van der Waals surface area contributed by atoms with Gasteiger partial charge in [-0.3, -0.25) is 4.99 Å². The fourth-order valence-electron chi connectivity index (χ4n) is 1.24. The summed E-state index contributed by atoms with van der Waals surface area (Å²) >= 11 is 0. The molecule has 0 aliphatic carbocycles. The van der Waals surface area contributed by atoms with E-state index in [1.165, 1.54) is 0 Å². The van der Waals surface area contributed by atoms with Gasteiger partial charge in [-0.05, 0) is 19.1 Å². The van der Waals surface area contributed by atoms with Crippen LogP contribution >= 0.6 is 0 Å². The van der Waals surface area contributed by atoms with Crippen molar-refractivity contribution >= 4 is 5.96 Å². The van der Waals surface area contributed by atoms with E-state index in [4.69, 9.17) is 4.42 Å². The molecule has 4 heteroatoms. The number of aliphatic imine (C=N–C) groups is 1. The van der Waals surface area contributed by atoms with Gasteiger partial charge in [0, 0.05) is 26.1 Å². The summed E-state index contributed by atoms with van der Waals surface area (Å²) in [4.78, 5) is 4.41. The van der Waals surface area contributed by atoms with Gasteiger partial charge >= 0.3 is 0 Å². The van der Waals surface area contributed by atoms with Gasteiger partial charge in [0.15, 0.2) is 5.96 Å². The first-order valence-electron chi connectivity index (χ1n) is 5.52. The van der Waals surface area contributed by atoms with Gasteiger partial charge in [-0.15, -0.1) is 6.58 Å². The predicted molar refractivity (Wildman–Crippen MR) is 66.6 cm³/mol. The summed E-state index contributed by atoms with van der Waals surface area (Å²) < 4.78 is 5.23. The van der Waals surface area contributed by atoms with Crippen molar-refractivity contribution in [1.82, 2.24) is 10.6 Å². The molecule has 0 aromatic carbocycles. The first kappa shape index (κ1) is 12.4. The van der Waals surface area contributed by atoms with E-state index in [1.807, 2.05) is 19.1 Å². The summed E-state index contributed by atoms with van der Waals surface area (Å²) in [6.45, 7) is 7.97. The van der Waals surface area contributed by atoms with Crippen molar-refractivity contribution in [2.75, 3.05) is 19.6 Å². The molecule has 0 aliphatic heterocycles. The van der Waals surface area contributed by atoms with E-state index < -0.39 is 0 Å². The minimum Gasteiger partial charge on any atom is -0.469 e. The zero-order chi connectivity index (χ0) is 11.6. The molecule has 0 aliphatic rings. The van der Waals surface area contributed by atoms with E-state index in [-0.39, 0.29) is 0 Å². The summed E-state index contributed by atoms with van der Waals surface area (Å²) in [7, 11) is 0. The van der Waals surface area contributed by atoms with Crippen molar-refractivity contribution in [2.45, 2.75) is 13.3 Å². The minimum atomic E-state index is 0.708. The summed E-state index contributed by atoms with van der Waals surface area (Å²) in [6, 6.07) is 3.85. The number of nitrogens with one attached hydrogen (secondary N) is 2. The van der Waals surface area contributed by atoms with Crippen molar-refractivity contribution in [3.63, 3.8) is 0 Å².